The molecule has 0 radical (unpaired) electrons. The molecule has 0 spiro atoms. The molecule has 7 nitrogen and oxygen atoms in total. The Balaban J connectivity index is 1.56. The number of amides is 1. The Morgan fingerprint density at radius 3 is 2.48 bits per heavy atom. The fourth-order valence-corrected chi connectivity index (χ4v) is 5.51. The Morgan fingerprint density at radius 1 is 1.09 bits per heavy atom. The van der Waals surface area contributed by atoms with Crippen molar-refractivity contribution in [1.29, 1.82) is 0 Å². The number of halogens is 1. The zero-order valence-electron chi connectivity index (χ0n) is 19.1. The van der Waals surface area contributed by atoms with Crippen LogP contribution in [0.25, 0.3) is 0 Å². The quantitative estimate of drug-likeness (QED) is 0.541. The summed E-state index contributed by atoms with van der Waals surface area (Å²) in [7, 11) is -3.66. The van der Waals surface area contributed by atoms with Crippen LogP contribution in [0.15, 0.2) is 47.4 Å². The van der Waals surface area contributed by atoms with E-state index in [-0.39, 0.29) is 23.3 Å². The first-order valence-corrected chi connectivity index (χ1v) is 13.1. The zero-order chi connectivity index (χ0) is 23.8. The second-order valence-corrected chi connectivity index (χ2v) is 10.2. The standard InChI is InChI=1S/C24H31ClN2O5S/c1-3-31-22-12-7-18(16-23(22)32-4-2)13-14-26-24(28)19-6-5-15-27(17-19)33(29,30)21-10-8-20(25)9-11-21/h7-12,16,19H,3-6,13-15,17H2,1-2H3,(H,26,28). The number of carbonyl (C=O) groups is 1. The van der Waals surface area contributed by atoms with Crippen molar-refractivity contribution in [2.45, 2.75) is 38.0 Å². The SMILES string of the molecule is CCOc1ccc(CCNC(=O)C2CCCN(S(=O)(=O)c3ccc(Cl)cc3)C2)cc1OCC. The van der Waals surface area contributed by atoms with Crippen LogP contribution in [0.2, 0.25) is 5.02 Å². The Morgan fingerprint density at radius 2 is 1.79 bits per heavy atom. The predicted molar refractivity (Wildman–Crippen MR) is 128 cm³/mol. The second kappa shape index (κ2) is 11.7. The molecule has 180 valence electrons. The maximum Gasteiger partial charge on any atom is 0.243 e. The van der Waals surface area contributed by atoms with Crippen LogP contribution < -0.4 is 14.8 Å². The summed E-state index contributed by atoms with van der Waals surface area (Å²) in [5, 5.41) is 3.44. The lowest BCUT2D eigenvalue weighted by Crippen LogP contribution is -2.45. The van der Waals surface area contributed by atoms with Crippen molar-refractivity contribution in [1.82, 2.24) is 9.62 Å². The Labute approximate surface area is 201 Å². The number of hydrogen-bond donors (Lipinski definition) is 1. The van der Waals surface area contributed by atoms with Crippen LogP contribution in [-0.4, -0.2) is 51.5 Å². The summed E-state index contributed by atoms with van der Waals surface area (Å²) in [5.41, 5.74) is 1.03. The summed E-state index contributed by atoms with van der Waals surface area (Å²) in [5.74, 6) is 0.900. The summed E-state index contributed by atoms with van der Waals surface area (Å²) in [4.78, 5) is 12.9. The van der Waals surface area contributed by atoms with Crippen LogP contribution in [0.3, 0.4) is 0 Å². The van der Waals surface area contributed by atoms with Gasteiger partial charge in [0.25, 0.3) is 0 Å². The van der Waals surface area contributed by atoms with Gasteiger partial charge in [-0.25, -0.2) is 8.42 Å². The molecule has 1 saturated heterocycles. The molecule has 1 N–H and O–H groups in total. The van der Waals surface area contributed by atoms with Gasteiger partial charge in [0, 0.05) is 24.7 Å². The monoisotopic (exact) mass is 494 g/mol. The molecule has 1 fully saturated rings. The van der Waals surface area contributed by atoms with E-state index >= 15 is 0 Å². The molecule has 33 heavy (non-hydrogen) atoms. The molecule has 1 aliphatic heterocycles. The Kier molecular flexibility index (Phi) is 9.00. The largest absolute Gasteiger partial charge is 0.490 e. The molecule has 1 amide bonds. The lowest BCUT2D eigenvalue weighted by Gasteiger charge is -2.31. The van der Waals surface area contributed by atoms with Gasteiger partial charge in [-0.2, -0.15) is 4.31 Å². The van der Waals surface area contributed by atoms with E-state index in [0.29, 0.717) is 62.1 Å². The van der Waals surface area contributed by atoms with E-state index in [1.54, 1.807) is 12.1 Å². The molecule has 3 rings (SSSR count). The van der Waals surface area contributed by atoms with Gasteiger partial charge in [0.15, 0.2) is 11.5 Å². The van der Waals surface area contributed by atoms with Crippen molar-refractivity contribution in [3.8, 4) is 11.5 Å². The average molecular weight is 495 g/mol. The summed E-state index contributed by atoms with van der Waals surface area (Å²) in [6.07, 6.45) is 1.94. The topological polar surface area (TPSA) is 84.9 Å². The minimum Gasteiger partial charge on any atom is -0.490 e. The number of benzene rings is 2. The molecule has 0 aliphatic carbocycles. The van der Waals surface area contributed by atoms with Gasteiger partial charge in [0.2, 0.25) is 15.9 Å². The van der Waals surface area contributed by atoms with Gasteiger partial charge in [0.05, 0.1) is 24.0 Å². The van der Waals surface area contributed by atoms with Gasteiger partial charge in [-0.15, -0.1) is 0 Å². The van der Waals surface area contributed by atoms with E-state index in [1.165, 1.54) is 16.4 Å². The molecular weight excluding hydrogens is 464 g/mol. The Bertz CT molecular complexity index is 1040. The molecule has 1 heterocycles. The van der Waals surface area contributed by atoms with E-state index < -0.39 is 10.0 Å². The van der Waals surface area contributed by atoms with Crippen LogP contribution in [-0.2, 0) is 21.2 Å². The van der Waals surface area contributed by atoms with Gasteiger partial charge in [-0.05, 0) is 75.1 Å². The minimum atomic E-state index is -3.66. The van der Waals surface area contributed by atoms with Crippen molar-refractivity contribution in [2.75, 3.05) is 32.8 Å². The third-order valence-electron chi connectivity index (χ3n) is 5.53. The summed E-state index contributed by atoms with van der Waals surface area (Å²) < 4.78 is 38.5. The van der Waals surface area contributed by atoms with Crippen LogP contribution in [0.4, 0.5) is 0 Å². The highest BCUT2D eigenvalue weighted by molar-refractivity contribution is 7.89. The number of nitrogens with one attached hydrogen (secondary N) is 1. The van der Waals surface area contributed by atoms with Crippen molar-refractivity contribution in [3.63, 3.8) is 0 Å². The van der Waals surface area contributed by atoms with Crippen molar-refractivity contribution < 1.29 is 22.7 Å². The first kappa shape index (κ1) is 25.3. The van der Waals surface area contributed by atoms with Crippen molar-refractivity contribution >= 4 is 27.5 Å². The molecule has 2 aromatic rings. The summed E-state index contributed by atoms with van der Waals surface area (Å²) >= 11 is 5.88. The highest BCUT2D eigenvalue weighted by Crippen LogP contribution is 2.29. The van der Waals surface area contributed by atoms with Crippen LogP contribution in [0.1, 0.15) is 32.3 Å². The van der Waals surface area contributed by atoms with Crippen molar-refractivity contribution in [3.05, 3.63) is 53.1 Å². The highest BCUT2D eigenvalue weighted by atomic mass is 35.5. The lowest BCUT2D eigenvalue weighted by molar-refractivity contribution is -0.126. The van der Waals surface area contributed by atoms with Gasteiger partial charge in [-0.1, -0.05) is 17.7 Å². The molecule has 2 aromatic carbocycles. The zero-order valence-corrected chi connectivity index (χ0v) is 20.6. The maximum absolute atomic E-state index is 13.0. The minimum absolute atomic E-state index is 0.123. The van der Waals surface area contributed by atoms with E-state index in [4.69, 9.17) is 21.1 Å². The number of ether oxygens (including phenoxy) is 2. The molecule has 1 atom stereocenters. The van der Waals surface area contributed by atoms with E-state index in [0.717, 1.165) is 5.56 Å². The van der Waals surface area contributed by atoms with Crippen LogP contribution in [0, 0.1) is 5.92 Å². The van der Waals surface area contributed by atoms with Crippen LogP contribution in [0.5, 0.6) is 11.5 Å². The van der Waals surface area contributed by atoms with Gasteiger partial charge in [0.1, 0.15) is 0 Å². The molecule has 0 aromatic heterocycles. The molecular formula is C24H31ClN2O5S. The summed E-state index contributed by atoms with van der Waals surface area (Å²) in [6, 6.07) is 11.9. The molecule has 0 saturated carbocycles. The molecule has 1 unspecified atom stereocenters. The van der Waals surface area contributed by atoms with Gasteiger partial charge < -0.3 is 14.8 Å². The molecule has 9 heteroatoms. The maximum atomic E-state index is 13.0. The fraction of sp³-hybridized carbons (Fsp3) is 0.458. The number of nitrogens with zero attached hydrogens (tertiary/aromatic N) is 1. The van der Waals surface area contributed by atoms with E-state index in [9.17, 15) is 13.2 Å². The predicted octanol–water partition coefficient (Wildman–Crippen LogP) is 3.90. The third kappa shape index (κ3) is 6.62. The third-order valence-corrected chi connectivity index (χ3v) is 7.66. The Hall–Kier alpha value is -2.29. The first-order valence-electron chi connectivity index (χ1n) is 11.3. The van der Waals surface area contributed by atoms with E-state index in [2.05, 4.69) is 5.32 Å². The second-order valence-electron chi connectivity index (χ2n) is 7.84. The van der Waals surface area contributed by atoms with Crippen molar-refractivity contribution in [2.24, 2.45) is 5.92 Å². The van der Waals surface area contributed by atoms with Gasteiger partial charge in [-0.3, -0.25) is 4.79 Å². The summed E-state index contributed by atoms with van der Waals surface area (Å²) in [6.45, 7) is 5.97. The first-order chi connectivity index (χ1) is 15.8. The lowest BCUT2D eigenvalue weighted by atomic mass is 9.99. The smallest absolute Gasteiger partial charge is 0.243 e. The molecule has 0 bridgehead atoms. The van der Waals surface area contributed by atoms with Crippen LogP contribution >= 0.6 is 11.6 Å². The fourth-order valence-electron chi connectivity index (χ4n) is 3.86. The van der Waals surface area contributed by atoms with Gasteiger partial charge >= 0.3 is 0 Å². The molecule has 1 aliphatic rings. The number of rotatable bonds is 10. The average Bonchev–Trinajstić information content (AvgIpc) is 2.81. The number of carbonyl (C=O) groups excluding carboxylic acids is 1. The highest BCUT2D eigenvalue weighted by Gasteiger charge is 2.33. The number of sulfonamides is 1. The number of hydrogen-bond acceptors (Lipinski definition) is 5. The van der Waals surface area contributed by atoms with E-state index in [1.807, 2.05) is 32.0 Å². The normalized spacial score (nSPS) is 16.9. The number of piperidine rings is 1.